The first-order chi connectivity index (χ1) is 14.5. The minimum atomic E-state index is -3.55. The second-order valence-corrected chi connectivity index (χ2v) is 8.57. The first-order valence-corrected chi connectivity index (χ1v) is 10.8. The third-order valence-corrected chi connectivity index (χ3v) is 6.56. The Kier molecular flexibility index (Phi) is 5.79. The number of morpholine rings is 1. The maximum absolute atomic E-state index is 12.6. The Labute approximate surface area is 174 Å². The quantitative estimate of drug-likeness (QED) is 0.580. The van der Waals surface area contributed by atoms with E-state index in [0.717, 1.165) is 5.69 Å². The Morgan fingerprint density at radius 2 is 1.70 bits per heavy atom. The van der Waals surface area contributed by atoms with Crippen molar-refractivity contribution in [3.8, 4) is 5.69 Å². The van der Waals surface area contributed by atoms with Crippen molar-refractivity contribution in [3.05, 3.63) is 72.6 Å². The highest BCUT2D eigenvalue weighted by molar-refractivity contribution is 7.89. The first kappa shape index (κ1) is 20.1. The highest BCUT2D eigenvalue weighted by Crippen LogP contribution is 2.19. The summed E-state index contributed by atoms with van der Waals surface area (Å²) in [7, 11) is -3.55. The normalized spacial score (nSPS) is 14.9. The van der Waals surface area contributed by atoms with E-state index in [2.05, 4.69) is 16.0 Å². The number of carbonyl (C=O) groups excluding carboxylic acids is 1. The molecule has 0 atom stereocenters. The van der Waals surface area contributed by atoms with Gasteiger partial charge in [-0.3, -0.25) is 15.6 Å². The van der Waals surface area contributed by atoms with Crippen LogP contribution in [0.1, 0.15) is 10.4 Å². The van der Waals surface area contributed by atoms with Gasteiger partial charge in [-0.15, -0.1) is 0 Å². The number of amides is 1. The largest absolute Gasteiger partial charge is 0.379 e. The molecule has 1 aromatic heterocycles. The molecule has 0 unspecified atom stereocenters. The molecule has 9 nitrogen and oxygen atoms in total. The van der Waals surface area contributed by atoms with Gasteiger partial charge < -0.3 is 4.74 Å². The van der Waals surface area contributed by atoms with E-state index in [1.807, 2.05) is 30.3 Å². The summed E-state index contributed by atoms with van der Waals surface area (Å²) >= 11 is 0. The third-order valence-electron chi connectivity index (χ3n) is 4.65. The molecule has 3 aromatic rings. The molecule has 0 radical (unpaired) electrons. The van der Waals surface area contributed by atoms with Gasteiger partial charge in [0.15, 0.2) is 0 Å². The van der Waals surface area contributed by atoms with Gasteiger partial charge in [0.2, 0.25) is 10.0 Å². The van der Waals surface area contributed by atoms with Gasteiger partial charge in [0.05, 0.1) is 41.2 Å². The molecule has 2 heterocycles. The van der Waals surface area contributed by atoms with Crippen LogP contribution in [0.15, 0.2) is 71.9 Å². The summed E-state index contributed by atoms with van der Waals surface area (Å²) in [4.78, 5) is 12.6. The molecular formula is C20H21N5O4S. The third kappa shape index (κ3) is 4.35. The van der Waals surface area contributed by atoms with Gasteiger partial charge in [0.1, 0.15) is 0 Å². The summed E-state index contributed by atoms with van der Waals surface area (Å²) in [5, 5.41) is 4.19. The van der Waals surface area contributed by atoms with Crippen LogP contribution in [0.25, 0.3) is 5.69 Å². The van der Waals surface area contributed by atoms with E-state index in [9.17, 15) is 13.2 Å². The molecule has 0 bridgehead atoms. The average molecular weight is 427 g/mol. The highest BCUT2D eigenvalue weighted by atomic mass is 32.2. The number of carbonyl (C=O) groups is 1. The highest BCUT2D eigenvalue weighted by Gasteiger charge is 2.26. The number of sulfonamides is 1. The van der Waals surface area contributed by atoms with Gasteiger partial charge in [-0.1, -0.05) is 18.2 Å². The molecule has 0 saturated carbocycles. The maximum atomic E-state index is 12.6. The van der Waals surface area contributed by atoms with Gasteiger partial charge in [-0.05, 0) is 36.4 Å². The zero-order valence-electron chi connectivity index (χ0n) is 16.1. The number of nitrogens with zero attached hydrogens (tertiary/aromatic N) is 3. The molecule has 156 valence electrons. The van der Waals surface area contributed by atoms with Crippen LogP contribution in [0, 0.1) is 0 Å². The monoisotopic (exact) mass is 427 g/mol. The molecule has 1 aliphatic rings. The smallest absolute Gasteiger partial charge is 0.272 e. The number of ether oxygens (including phenoxy) is 1. The van der Waals surface area contributed by atoms with Gasteiger partial charge >= 0.3 is 0 Å². The van der Waals surface area contributed by atoms with Crippen LogP contribution < -0.4 is 10.9 Å². The van der Waals surface area contributed by atoms with Crippen LogP contribution in [0.4, 0.5) is 5.69 Å². The molecule has 1 amide bonds. The summed E-state index contributed by atoms with van der Waals surface area (Å²) in [6, 6.07) is 15.7. The lowest BCUT2D eigenvalue weighted by molar-refractivity contribution is 0.0730. The molecule has 0 aliphatic carbocycles. The van der Waals surface area contributed by atoms with Crippen LogP contribution in [-0.2, 0) is 14.8 Å². The molecule has 2 aromatic carbocycles. The van der Waals surface area contributed by atoms with Gasteiger partial charge in [0, 0.05) is 19.3 Å². The number of benzene rings is 2. The second-order valence-electron chi connectivity index (χ2n) is 6.63. The Bertz CT molecular complexity index is 1110. The summed E-state index contributed by atoms with van der Waals surface area (Å²) in [6.45, 7) is 1.47. The van der Waals surface area contributed by atoms with Gasteiger partial charge in [-0.2, -0.15) is 9.40 Å². The predicted molar refractivity (Wildman–Crippen MR) is 111 cm³/mol. The summed E-state index contributed by atoms with van der Waals surface area (Å²) < 4.78 is 33.5. The number of hydrogen-bond donors (Lipinski definition) is 2. The molecule has 1 saturated heterocycles. The Morgan fingerprint density at radius 1 is 1.00 bits per heavy atom. The fraction of sp³-hybridized carbons (Fsp3) is 0.200. The molecule has 30 heavy (non-hydrogen) atoms. The Morgan fingerprint density at radius 3 is 2.40 bits per heavy atom. The van der Waals surface area contributed by atoms with Crippen LogP contribution >= 0.6 is 0 Å². The molecule has 1 fully saturated rings. The van der Waals surface area contributed by atoms with Crippen molar-refractivity contribution in [2.75, 3.05) is 31.7 Å². The summed E-state index contributed by atoms with van der Waals surface area (Å²) in [5.74, 6) is -0.359. The lowest BCUT2D eigenvalue weighted by Crippen LogP contribution is -2.40. The van der Waals surface area contributed by atoms with Crippen LogP contribution in [0.5, 0.6) is 0 Å². The van der Waals surface area contributed by atoms with E-state index in [-0.39, 0.29) is 10.8 Å². The average Bonchev–Trinajstić information content (AvgIpc) is 3.29. The van der Waals surface area contributed by atoms with Gasteiger partial charge in [-0.25, -0.2) is 13.1 Å². The van der Waals surface area contributed by atoms with E-state index < -0.39 is 10.0 Å². The number of hydrogen-bond acceptors (Lipinski definition) is 6. The fourth-order valence-electron chi connectivity index (χ4n) is 3.01. The van der Waals surface area contributed by atoms with Crippen molar-refractivity contribution < 1.29 is 17.9 Å². The number of aromatic nitrogens is 2. The van der Waals surface area contributed by atoms with E-state index in [4.69, 9.17) is 4.74 Å². The topological polar surface area (TPSA) is 106 Å². The molecule has 1 aliphatic heterocycles. The summed E-state index contributed by atoms with van der Waals surface area (Å²) in [5.41, 5.74) is 7.16. The number of rotatable bonds is 6. The number of nitrogens with one attached hydrogen (secondary N) is 2. The molecule has 4 rings (SSSR count). The fourth-order valence-corrected chi connectivity index (χ4v) is 4.42. The lowest BCUT2D eigenvalue weighted by Gasteiger charge is -2.26. The van der Waals surface area contributed by atoms with E-state index >= 15 is 0 Å². The minimum Gasteiger partial charge on any atom is -0.379 e. The van der Waals surface area contributed by atoms with E-state index in [1.165, 1.54) is 22.6 Å². The zero-order chi connectivity index (χ0) is 21.0. The van der Waals surface area contributed by atoms with E-state index in [0.29, 0.717) is 37.6 Å². The molecule has 0 spiro atoms. The number of hydrazine groups is 1. The maximum Gasteiger partial charge on any atom is 0.272 e. The number of para-hydroxylation sites is 1. The second kappa shape index (κ2) is 8.66. The molecule has 10 heteroatoms. The van der Waals surface area contributed by atoms with Crippen molar-refractivity contribution in [3.63, 3.8) is 0 Å². The van der Waals surface area contributed by atoms with Crippen LogP contribution in [0.3, 0.4) is 0 Å². The van der Waals surface area contributed by atoms with Crippen molar-refractivity contribution >= 4 is 21.6 Å². The SMILES string of the molecule is O=C(NNc1ccc(S(=O)(=O)N2CCOCC2)cc1)c1cnn(-c2ccccc2)c1. The number of anilines is 1. The molecular weight excluding hydrogens is 406 g/mol. The predicted octanol–water partition coefficient (Wildman–Crippen LogP) is 1.65. The van der Waals surface area contributed by atoms with Crippen LogP contribution in [-0.4, -0.2) is 54.7 Å². The Balaban J connectivity index is 1.37. The van der Waals surface area contributed by atoms with E-state index in [1.54, 1.807) is 23.0 Å². The van der Waals surface area contributed by atoms with Crippen molar-refractivity contribution in [1.82, 2.24) is 19.5 Å². The van der Waals surface area contributed by atoms with Crippen molar-refractivity contribution in [2.24, 2.45) is 0 Å². The van der Waals surface area contributed by atoms with Crippen molar-refractivity contribution in [1.29, 1.82) is 0 Å². The Hall–Kier alpha value is -3.21. The zero-order valence-corrected chi connectivity index (χ0v) is 16.9. The minimum absolute atomic E-state index is 0.199. The van der Waals surface area contributed by atoms with Gasteiger partial charge in [0.25, 0.3) is 5.91 Å². The van der Waals surface area contributed by atoms with Crippen LogP contribution in [0.2, 0.25) is 0 Å². The summed E-state index contributed by atoms with van der Waals surface area (Å²) in [6.07, 6.45) is 3.10. The van der Waals surface area contributed by atoms with Crippen molar-refractivity contribution in [2.45, 2.75) is 4.90 Å². The lowest BCUT2D eigenvalue weighted by atomic mass is 10.3. The first-order valence-electron chi connectivity index (χ1n) is 9.38. The molecule has 2 N–H and O–H groups in total. The standard InChI is InChI=1S/C20H21N5O4S/c26-20(16-14-21-25(15-16)18-4-2-1-3-5-18)23-22-17-6-8-19(9-7-17)30(27,28)24-10-12-29-13-11-24/h1-9,14-15,22H,10-13H2,(H,23,26).